The summed E-state index contributed by atoms with van der Waals surface area (Å²) in [7, 11) is 0. The lowest BCUT2D eigenvalue weighted by molar-refractivity contribution is 0.0211. The number of amides is 1. The number of hydrogen-bond acceptors (Lipinski definition) is 4. The molecule has 0 spiro atoms. The molecule has 0 aromatic heterocycles. The second-order valence-corrected chi connectivity index (χ2v) is 6.43. The molecule has 1 aromatic carbocycles. The Balaban J connectivity index is 2.02. The van der Waals surface area contributed by atoms with Gasteiger partial charge in [0.15, 0.2) is 0 Å². The van der Waals surface area contributed by atoms with E-state index in [1.165, 1.54) is 0 Å². The lowest BCUT2D eigenvalue weighted by atomic mass is 9.90. The molecule has 128 valence electrons. The van der Waals surface area contributed by atoms with E-state index in [0.717, 1.165) is 6.42 Å². The monoisotopic (exact) mass is 321 g/mol. The predicted molar refractivity (Wildman–Crippen MR) is 88.7 cm³/mol. The molecule has 1 fully saturated rings. The Labute approximate surface area is 138 Å². The Morgan fingerprint density at radius 3 is 2.74 bits per heavy atom. The van der Waals surface area contributed by atoms with Gasteiger partial charge in [0, 0.05) is 25.6 Å². The molecule has 1 heterocycles. The summed E-state index contributed by atoms with van der Waals surface area (Å²) in [6.07, 6.45) is 0.822. The Kier molecular flexibility index (Phi) is 6.02. The highest BCUT2D eigenvalue weighted by Crippen LogP contribution is 2.29. The zero-order valence-electron chi connectivity index (χ0n) is 14.2. The molecule has 1 aliphatic heterocycles. The van der Waals surface area contributed by atoms with Crippen LogP contribution < -0.4 is 4.74 Å². The number of benzene rings is 1. The molecule has 0 radical (unpaired) electrons. The highest BCUT2D eigenvalue weighted by atomic mass is 16.5. The maximum absolute atomic E-state index is 12.8. The van der Waals surface area contributed by atoms with E-state index in [0.29, 0.717) is 44.2 Å². The van der Waals surface area contributed by atoms with Gasteiger partial charge in [-0.15, -0.1) is 0 Å². The summed E-state index contributed by atoms with van der Waals surface area (Å²) in [4.78, 5) is 14.6. The van der Waals surface area contributed by atoms with Crippen LogP contribution in [0.2, 0.25) is 0 Å². The van der Waals surface area contributed by atoms with E-state index in [-0.39, 0.29) is 11.8 Å². The summed E-state index contributed by atoms with van der Waals surface area (Å²) in [6.45, 7) is 8.36. The van der Waals surface area contributed by atoms with Gasteiger partial charge in [0.05, 0.1) is 17.8 Å². The second kappa shape index (κ2) is 7.79. The summed E-state index contributed by atoms with van der Waals surface area (Å²) >= 11 is 0. The number of carbonyl (C=O) groups excluding carboxylic acids is 1. The predicted octanol–water partition coefficient (Wildman–Crippen LogP) is 2.33. The molecule has 1 atom stereocenters. The fourth-order valence-corrected chi connectivity index (χ4v) is 2.82. The fourth-order valence-electron chi connectivity index (χ4n) is 2.82. The van der Waals surface area contributed by atoms with Crippen LogP contribution in [0, 0.1) is 5.92 Å². The minimum absolute atomic E-state index is 0.0382. The molecule has 0 unspecified atom stereocenters. The van der Waals surface area contributed by atoms with Gasteiger partial charge in [0.1, 0.15) is 12.4 Å². The number of ether oxygens (including phenoxy) is 2. The summed E-state index contributed by atoms with van der Waals surface area (Å²) in [6, 6.07) is 7.29. The van der Waals surface area contributed by atoms with Gasteiger partial charge in [-0.25, -0.2) is 0 Å². The molecule has 0 aliphatic carbocycles. The Morgan fingerprint density at radius 1 is 1.35 bits per heavy atom. The minimum Gasteiger partial charge on any atom is -0.490 e. The SMILES string of the molecule is CCOCCOc1ccccc1C(=O)N1CC[C@@H](C(C)(C)O)C1. The number of hydrogen-bond donors (Lipinski definition) is 1. The first kappa shape index (κ1) is 17.8. The molecule has 5 heteroatoms. The highest BCUT2D eigenvalue weighted by Gasteiger charge is 2.36. The van der Waals surface area contributed by atoms with Gasteiger partial charge in [-0.05, 0) is 39.3 Å². The van der Waals surface area contributed by atoms with E-state index < -0.39 is 5.60 Å². The van der Waals surface area contributed by atoms with Crippen molar-refractivity contribution in [1.82, 2.24) is 4.90 Å². The molecular weight excluding hydrogens is 294 g/mol. The second-order valence-electron chi connectivity index (χ2n) is 6.43. The normalized spacial score (nSPS) is 18.3. The largest absolute Gasteiger partial charge is 0.490 e. The summed E-state index contributed by atoms with van der Waals surface area (Å²) < 4.78 is 11.0. The van der Waals surface area contributed by atoms with Crippen molar-refractivity contribution in [3.8, 4) is 5.75 Å². The fraction of sp³-hybridized carbons (Fsp3) is 0.611. The molecule has 0 bridgehead atoms. The van der Waals surface area contributed by atoms with Crippen LogP contribution in [0.5, 0.6) is 5.75 Å². The van der Waals surface area contributed by atoms with Gasteiger partial charge in [-0.3, -0.25) is 4.79 Å². The Bertz CT molecular complexity index is 524. The third kappa shape index (κ3) is 4.69. The van der Waals surface area contributed by atoms with Crippen LogP contribution in [0.3, 0.4) is 0 Å². The van der Waals surface area contributed by atoms with Crippen molar-refractivity contribution in [3.05, 3.63) is 29.8 Å². The molecule has 1 N–H and O–H groups in total. The van der Waals surface area contributed by atoms with Crippen LogP contribution in [0.4, 0.5) is 0 Å². The Morgan fingerprint density at radius 2 is 2.09 bits per heavy atom. The van der Waals surface area contributed by atoms with Crippen LogP contribution >= 0.6 is 0 Å². The number of carbonyl (C=O) groups is 1. The van der Waals surface area contributed by atoms with Gasteiger partial charge in [-0.2, -0.15) is 0 Å². The van der Waals surface area contributed by atoms with Crippen LogP contribution in [-0.2, 0) is 4.74 Å². The van der Waals surface area contributed by atoms with Crippen LogP contribution in [0.1, 0.15) is 37.6 Å². The van der Waals surface area contributed by atoms with E-state index in [2.05, 4.69) is 0 Å². The first-order valence-electron chi connectivity index (χ1n) is 8.24. The Hall–Kier alpha value is -1.59. The van der Waals surface area contributed by atoms with Crippen LogP contribution in [-0.4, -0.2) is 54.4 Å². The quantitative estimate of drug-likeness (QED) is 0.783. The lowest BCUT2D eigenvalue weighted by Crippen LogP contribution is -2.35. The number of rotatable bonds is 7. The van der Waals surface area contributed by atoms with Crippen LogP contribution in [0.15, 0.2) is 24.3 Å². The lowest BCUT2D eigenvalue weighted by Gasteiger charge is -2.25. The molecule has 2 rings (SSSR count). The summed E-state index contributed by atoms with van der Waals surface area (Å²) in [5.41, 5.74) is -0.192. The van der Waals surface area contributed by atoms with Crippen LogP contribution in [0.25, 0.3) is 0 Å². The average molecular weight is 321 g/mol. The van der Waals surface area contributed by atoms with Crippen molar-refractivity contribution >= 4 is 5.91 Å². The molecule has 1 saturated heterocycles. The molecule has 5 nitrogen and oxygen atoms in total. The third-order valence-electron chi connectivity index (χ3n) is 4.28. The van der Waals surface area contributed by atoms with Crippen molar-refractivity contribution in [2.75, 3.05) is 32.9 Å². The maximum Gasteiger partial charge on any atom is 0.257 e. The van der Waals surface area contributed by atoms with Crippen molar-refractivity contribution in [2.45, 2.75) is 32.8 Å². The molecule has 1 aromatic rings. The first-order chi connectivity index (χ1) is 10.9. The van der Waals surface area contributed by atoms with E-state index in [1.807, 2.05) is 25.1 Å². The van der Waals surface area contributed by atoms with E-state index in [1.54, 1.807) is 24.8 Å². The third-order valence-corrected chi connectivity index (χ3v) is 4.28. The first-order valence-corrected chi connectivity index (χ1v) is 8.24. The molecular formula is C18H27NO4. The topological polar surface area (TPSA) is 59.0 Å². The highest BCUT2D eigenvalue weighted by molar-refractivity contribution is 5.97. The summed E-state index contributed by atoms with van der Waals surface area (Å²) in [5, 5.41) is 10.1. The number of aliphatic hydroxyl groups is 1. The number of para-hydroxylation sites is 1. The van der Waals surface area contributed by atoms with Gasteiger partial charge in [-0.1, -0.05) is 12.1 Å². The van der Waals surface area contributed by atoms with E-state index in [4.69, 9.17) is 9.47 Å². The van der Waals surface area contributed by atoms with Crippen molar-refractivity contribution in [3.63, 3.8) is 0 Å². The average Bonchev–Trinajstić information content (AvgIpc) is 3.01. The van der Waals surface area contributed by atoms with E-state index in [9.17, 15) is 9.90 Å². The van der Waals surface area contributed by atoms with Gasteiger partial charge in [0.25, 0.3) is 5.91 Å². The van der Waals surface area contributed by atoms with Gasteiger partial charge < -0.3 is 19.5 Å². The van der Waals surface area contributed by atoms with Crippen molar-refractivity contribution in [2.24, 2.45) is 5.92 Å². The summed E-state index contributed by atoms with van der Waals surface area (Å²) in [5.74, 6) is 0.658. The molecule has 1 amide bonds. The smallest absolute Gasteiger partial charge is 0.257 e. The van der Waals surface area contributed by atoms with Gasteiger partial charge >= 0.3 is 0 Å². The van der Waals surface area contributed by atoms with E-state index >= 15 is 0 Å². The standard InChI is InChI=1S/C18H27NO4/c1-4-22-11-12-23-16-8-6-5-7-15(16)17(20)19-10-9-14(13-19)18(2,3)21/h5-8,14,21H,4,9-13H2,1-3H3/t14-/m1/s1. The van der Waals surface area contributed by atoms with Crippen molar-refractivity contribution in [1.29, 1.82) is 0 Å². The zero-order valence-corrected chi connectivity index (χ0v) is 14.2. The molecule has 1 aliphatic rings. The maximum atomic E-state index is 12.8. The molecule has 23 heavy (non-hydrogen) atoms. The number of nitrogens with zero attached hydrogens (tertiary/aromatic N) is 1. The zero-order chi connectivity index (χ0) is 16.9. The number of likely N-dealkylation sites (tertiary alicyclic amines) is 1. The van der Waals surface area contributed by atoms with Crippen molar-refractivity contribution < 1.29 is 19.4 Å². The molecule has 0 saturated carbocycles. The van der Waals surface area contributed by atoms with Gasteiger partial charge in [0.2, 0.25) is 0 Å². The minimum atomic E-state index is -0.761.